The van der Waals surface area contributed by atoms with Crippen LogP contribution in [0.5, 0.6) is 0 Å². The van der Waals surface area contributed by atoms with Crippen molar-refractivity contribution in [3.63, 3.8) is 0 Å². The summed E-state index contributed by atoms with van der Waals surface area (Å²) in [5, 5.41) is 2.87. The Morgan fingerprint density at radius 2 is 1.96 bits per heavy atom. The van der Waals surface area contributed by atoms with E-state index in [0.717, 1.165) is 24.9 Å². The third-order valence-corrected chi connectivity index (χ3v) is 4.29. The van der Waals surface area contributed by atoms with Crippen LogP contribution in [0.15, 0.2) is 24.3 Å². The molecule has 0 radical (unpaired) electrons. The molecule has 2 amide bonds. The van der Waals surface area contributed by atoms with Crippen molar-refractivity contribution in [3.8, 4) is 0 Å². The molecule has 0 spiro atoms. The van der Waals surface area contributed by atoms with Crippen LogP contribution in [0.1, 0.15) is 31.7 Å². The molecule has 2 rings (SSSR count). The van der Waals surface area contributed by atoms with Gasteiger partial charge in [0.2, 0.25) is 11.8 Å². The van der Waals surface area contributed by atoms with E-state index in [2.05, 4.69) is 12.2 Å². The molecule has 1 aliphatic rings. The van der Waals surface area contributed by atoms with Gasteiger partial charge in [0.05, 0.1) is 11.8 Å². The number of carbonyl (C=O) groups is 2. The molecule has 4 nitrogen and oxygen atoms in total. The highest BCUT2D eigenvalue weighted by Gasteiger charge is 2.48. The van der Waals surface area contributed by atoms with Gasteiger partial charge in [-0.3, -0.25) is 9.59 Å². The minimum Gasteiger partial charge on any atom is -0.356 e. The molecule has 0 saturated heterocycles. The van der Waals surface area contributed by atoms with Crippen LogP contribution in [0.4, 0.5) is 4.39 Å². The number of benzene rings is 1. The number of carbonyl (C=O) groups excluding carboxylic acids is 2. The number of halogens is 1. The van der Waals surface area contributed by atoms with E-state index in [4.69, 9.17) is 0 Å². The summed E-state index contributed by atoms with van der Waals surface area (Å²) in [4.78, 5) is 26.0. The van der Waals surface area contributed by atoms with E-state index in [1.165, 1.54) is 12.1 Å². The summed E-state index contributed by atoms with van der Waals surface area (Å²) in [6.45, 7) is 3.35. The Bertz CT molecular complexity index is 544. The van der Waals surface area contributed by atoms with Gasteiger partial charge in [-0.2, -0.15) is 0 Å². The Morgan fingerprint density at radius 3 is 2.61 bits per heavy atom. The van der Waals surface area contributed by atoms with E-state index in [1.807, 2.05) is 0 Å². The lowest BCUT2D eigenvalue weighted by atomic mass is 10.1. The molecular formula is C18H25FN2O2. The first kappa shape index (κ1) is 17.4. The number of rotatable bonds is 8. The summed E-state index contributed by atoms with van der Waals surface area (Å²) in [7, 11) is 1.81. The lowest BCUT2D eigenvalue weighted by Gasteiger charge is -2.16. The lowest BCUT2D eigenvalue weighted by Crippen LogP contribution is -2.32. The number of nitrogens with one attached hydrogen (secondary N) is 1. The van der Waals surface area contributed by atoms with Gasteiger partial charge in [0.1, 0.15) is 5.82 Å². The zero-order valence-electron chi connectivity index (χ0n) is 13.8. The standard InChI is InChI=1S/C18H25FN2O2/c1-3-4-11-21(2)18(23)16-12-15(16)17(22)20-10-9-13-5-7-14(19)8-6-13/h5-8,15-16H,3-4,9-12H2,1-2H3,(H,20,22). The van der Waals surface area contributed by atoms with Gasteiger partial charge < -0.3 is 10.2 Å². The van der Waals surface area contributed by atoms with Crippen LogP contribution < -0.4 is 5.32 Å². The maximum atomic E-state index is 12.8. The fourth-order valence-corrected chi connectivity index (χ4v) is 2.66. The van der Waals surface area contributed by atoms with Gasteiger partial charge in [0.25, 0.3) is 0 Å². The fraction of sp³-hybridized carbons (Fsp3) is 0.556. The first-order valence-electron chi connectivity index (χ1n) is 8.30. The SMILES string of the molecule is CCCCN(C)C(=O)C1CC1C(=O)NCCc1ccc(F)cc1. The first-order chi connectivity index (χ1) is 11.0. The van der Waals surface area contributed by atoms with Crippen LogP contribution in [-0.4, -0.2) is 36.9 Å². The van der Waals surface area contributed by atoms with Crippen LogP contribution in [-0.2, 0) is 16.0 Å². The summed E-state index contributed by atoms with van der Waals surface area (Å²) in [6, 6.07) is 6.26. The van der Waals surface area contributed by atoms with Gasteiger partial charge in [-0.25, -0.2) is 4.39 Å². The van der Waals surface area contributed by atoms with Crippen LogP contribution >= 0.6 is 0 Å². The molecular weight excluding hydrogens is 295 g/mol. The second-order valence-corrected chi connectivity index (χ2v) is 6.23. The molecule has 2 atom stereocenters. The van der Waals surface area contributed by atoms with E-state index in [9.17, 15) is 14.0 Å². The molecule has 126 valence electrons. The van der Waals surface area contributed by atoms with Gasteiger partial charge in [0, 0.05) is 20.1 Å². The van der Waals surface area contributed by atoms with Crippen molar-refractivity contribution in [1.82, 2.24) is 10.2 Å². The fourth-order valence-electron chi connectivity index (χ4n) is 2.66. The summed E-state index contributed by atoms with van der Waals surface area (Å²) < 4.78 is 12.8. The monoisotopic (exact) mass is 320 g/mol. The molecule has 1 aromatic carbocycles. The van der Waals surface area contributed by atoms with Crippen LogP contribution in [0.2, 0.25) is 0 Å². The van der Waals surface area contributed by atoms with Crippen molar-refractivity contribution in [2.24, 2.45) is 11.8 Å². The molecule has 2 unspecified atom stereocenters. The van der Waals surface area contributed by atoms with Crippen molar-refractivity contribution >= 4 is 11.8 Å². The summed E-state index contributed by atoms with van der Waals surface area (Å²) in [5.41, 5.74) is 0.981. The molecule has 23 heavy (non-hydrogen) atoms. The van der Waals surface area contributed by atoms with E-state index in [-0.39, 0.29) is 29.5 Å². The molecule has 0 aliphatic heterocycles. The molecule has 1 N–H and O–H groups in total. The predicted molar refractivity (Wildman–Crippen MR) is 87.3 cm³/mol. The number of amides is 2. The molecule has 5 heteroatoms. The van der Waals surface area contributed by atoms with Crippen molar-refractivity contribution in [1.29, 1.82) is 0 Å². The van der Waals surface area contributed by atoms with E-state index in [0.29, 0.717) is 19.4 Å². The quantitative estimate of drug-likeness (QED) is 0.799. The second-order valence-electron chi connectivity index (χ2n) is 6.23. The smallest absolute Gasteiger partial charge is 0.226 e. The maximum absolute atomic E-state index is 12.8. The van der Waals surface area contributed by atoms with Crippen LogP contribution in [0.3, 0.4) is 0 Å². The number of hydrogen-bond donors (Lipinski definition) is 1. The van der Waals surface area contributed by atoms with Gasteiger partial charge in [0.15, 0.2) is 0 Å². The molecule has 1 fully saturated rings. The topological polar surface area (TPSA) is 49.4 Å². The molecule has 0 aromatic heterocycles. The van der Waals surface area contributed by atoms with Gasteiger partial charge in [-0.05, 0) is 37.0 Å². The van der Waals surface area contributed by atoms with Gasteiger partial charge in [-0.1, -0.05) is 25.5 Å². The molecule has 1 aromatic rings. The first-order valence-corrected chi connectivity index (χ1v) is 8.30. The maximum Gasteiger partial charge on any atom is 0.226 e. The minimum atomic E-state index is -0.260. The zero-order valence-corrected chi connectivity index (χ0v) is 13.8. The highest BCUT2D eigenvalue weighted by molar-refractivity contribution is 5.92. The number of unbranched alkanes of at least 4 members (excludes halogenated alkanes) is 1. The average molecular weight is 320 g/mol. The van der Waals surface area contributed by atoms with E-state index in [1.54, 1.807) is 24.1 Å². The summed E-state index contributed by atoms with van der Waals surface area (Å²) in [6.07, 6.45) is 3.35. The molecule has 0 bridgehead atoms. The number of nitrogens with zero attached hydrogens (tertiary/aromatic N) is 1. The average Bonchev–Trinajstić information content (AvgIpc) is 3.34. The normalized spacial score (nSPS) is 19.3. The van der Waals surface area contributed by atoms with E-state index < -0.39 is 0 Å². The highest BCUT2D eigenvalue weighted by atomic mass is 19.1. The molecule has 1 aliphatic carbocycles. The minimum absolute atomic E-state index is 0.0469. The number of hydrogen-bond acceptors (Lipinski definition) is 2. The van der Waals surface area contributed by atoms with Crippen LogP contribution in [0.25, 0.3) is 0 Å². The third kappa shape index (κ3) is 5.05. The van der Waals surface area contributed by atoms with Crippen LogP contribution in [0, 0.1) is 17.7 Å². The third-order valence-electron chi connectivity index (χ3n) is 4.29. The van der Waals surface area contributed by atoms with E-state index >= 15 is 0 Å². The van der Waals surface area contributed by atoms with Gasteiger partial charge in [-0.15, -0.1) is 0 Å². The second kappa shape index (κ2) is 8.09. The lowest BCUT2D eigenvalue weighted by molar-refractivity contribution is -0.133. The molecule has 1 saturated carbocycles. The van der Waals surface area contributed by atoms with Gasteiger partial charge >= 0.3 is 0 Å². The predicted octanol–water partition coefficient (Wildman–Crippen LogP) is 2.38. The largest absolute Gasteiger partial charge is 0.356 e. The summed E-state index contributed by atoms with van der Waals surface area (Å²) >= 11 is 0. The van der Waals surface area contributed by atoms with Crippen molar-refractivity contribution in [2.45, 2.75) is 32.6 Å². The van der Waals surface area contributed by atoms with Crippen molar-refractivity contribution in [3.05, 3.63) is 35.6 Å². The Morgan fingerprint density at radius 1 is 1.26 bits per heavy atom. The van der Waals surface area contributed by atoms with Crippen molar-refractivity contribution < 1.29 is 14.0 Å². The Kier molecular flexibility index (Phi) is 6.13. The Labute approximate surface area is 137 Å². The summed E-state index contributed by atoms with van der Waals surface area (Å²) in [5.74, 6) is -0.557. The zero-order chi connectivity index (χ0) is 16.8. The van der Waals surface area contributed by atoms with Crippen molar-refractivity contribution in [2.75, 3.05) is 20.1 Å². The molecule has 0 heterocycles. The Balaban J connectivity index is 1.69. The highest BCUT2D eigenvalue weighted by Crippen LogP contribution is 2.39. The Hall–Kier alpha value is -1.91.